The molecular formula is C26H29N3O6. The Morgan fingerprint density at radius 1 is 1.03 bits per heavy atom. The Kier molecular flexibility index (Phi) is 6.59. The topological polar surface area (TPSA) is 98.3 Å². The van der Waals surface area contributed by atoms with Crippen LogP contribution in [0.2, 0.25) is 0 Å². The molecule has 3 aromatic rings. The van der Waals surface area contributed by atoms with Gasteiger partial charge in [0.15, 0.2) is 11.5 Å². The molecule has 2 aliphatic rings. The molecule has 1 aliphatic carbocycles. The van der Waals surface area contributed by atoms with E-state index in [9.17, 15) is 14.9 Å². The van der Waals surface area contributed by atoms with Crippen LogP contribution in [0.25, 0.3) is 11.0 Å². The summed E-state index contributed by atoms with van der Waals surface area (Å²) in [4.78, 5) is 27.4. The molecule has 2 aromatic carbocycles. The number of hydrogen-bond donors (Lipinski definition) is 0. The van der Waals surface area contributed by atoms with Crippen molar-refractivity contribution in [2.75, 3.05) is 51.3 Å². The van der Waals surface area contributed by atoms with Crippen LogP contribution in [0.4, 0.5) is 11.4 Å². The molecule has 0 saturated carbocycles. The summed E-state index contributed by atoms with van der Waals surface area (Å²) in [6.07, 6.45) is 3.50. The summed E-state index contributed by atoms with van der Waals surface area (Å²) in [6.45, 7) is 5.11. The van der Waals surface area contributed by atoms with Crippen LogP contribution in [0.1, 0.15) is 24.0 Å². The fraction of sp³-hybridized carbons (Fsp3) is 0.423. The highest BCUT2D eigenvalue weighted by molar-refractivity contribution is 5.85. The van der Waals surface area contributed by atoms with E-state index < -0.39 is 0 Å². The number of aryl methyl sites for hydroxylation is 1. The van der Waals surface area contributed by atoms with E-state index in [1.807, 2.05) is 18.2 Å². The Labute approximate surface area is 203 Å². The van der Waals surface area contributed by atoms with E-state index in [4.69, 9.17) is 13.9 Å². The van der Waals surface area contributed by atoms with Gasteiger partial charge in [-0.25, -0.2) is 4.79 Å². The number of nitro benzene ring substituents is 1. The van der Waals surface area contributed by atoms with Crippen LogP contribution in [-0.4, -0.2) is 56.3 Å². The first-order valence-electron chi connectivity index (χ1n) is 12.0. The van der Waals surface area contributed by atoms with Crippen molar-refractivity contribution in [2.45, 2.75) is 25.7 Å². The molecule has 9 nitrogen and oxygen atoms in total. The third kappa shape index (κ3) is 4.81. The Bertz CT molecular complexity index is 1280. The lowest BCUT2D eigenvalue weighted by Crippen LogP contribution is -2.46. The van der Waals surface area contributed by atoms with Gasteiger partial charge in [0.2, 0.25) is 0 Å². The minimum absolute atomic E-state index is 0.115. The molecule has 0 amide bonds. The maximum absolute atomic E-state index is 12.2. The minimum atomic E-state index is -0.374. The molecule has 1 aromatic heterocycles. The summed E-state index contributed by atoms with van der Waals surface area (Å²) >= 11 is 0. The molecule has 9 heteroatoms. The predicted octanol–water partition coefficient (Wildman–Crippen LogP) is 3.79. The van der Waals surface area contributed by atoms with Gasteiger partial charge in [-0.3, -0.25) is 15.0 Å². The van der Waals surface area contributed by atoms with Gasteiger partial charge in [0.05, 0.1) is 18.6 Å². The van der Waals surface area contributed by atoms with Crippen LogP contribution >= 0.6 is 0 Å². The van der Waals surface area contributed by atoms with E-state index in [0.29, 0.717) is 23.7 Å². The van der Waals surface area contributed by atoms with Gasteiger partial charge in [0.25, 0.3) is 5.69 Å². The normalized spacial score (nSPS) is 15.9. The predicted molar refractivity (Wildman–Crippen MR) is 133 cm³/mol. The second-order valence-electron chi connectivity index (χ2n) is 9.00. The van der Waals surface area contributed by atoms with Gasteiger partial charge in [0, 0.05) is 67.6 Å². The largest absolute Gasteiger partial charge is 0.493 e. The van der Waals surface area contributed by atoms with Gasteiger partial charge in [-0.2, -0.15) is 0 Å². The molecule has 1 saturated heterocycles. The smallest absolute Gasteiger partial charge is 0.339 e. The number of fused-ring (bicyclic) bond motifs is 3. The molecule has 35 heavy (non-hydrogen) atoms. The second-order valence-corrected chi connectivity index (χ2v) is 9.00. The molecule has 0 N–H and O–H groups in total. The van der Waals surface area contributed by atoms with Crippen LogP contribution in [0.15, 0.2) is 45.6 Å². The number of piperazine rings is 1. The first-order chi connectivity index (χ1) is 17.0. The summed E-state index contributed by atoms with van der Waals surface area (Å²) < 4.78 is 17.1. The molecule has 0 unspecified atom stereocenters. The van der Waals surface area contributed by atoms with Crippen molar-refractivity contribution in [2.24, 2.45) is 0 Å². The number of ether oxygens (including phenoxy) is 2. The van der Waals surface area contributed by atoms with Gasteiger partial charge >= 0.3 is 5.63 Å². The Morgan fingerprint density at radius 2 is 1.77 bits per heavy atom. The number of nitro groups is 1. The highest BCUT2D eigenvalue weighted by Crippen LogP contribution is 2.36. The number of non-ortho nitro benzene ring substituents is 1. The van der Waals surface area contributed by atoms with E-state index in [1.54, 1.807) is 25.3 Å². The van der Waals surface area contributed by atoms with E-state index in [0.717, 1.165) is 80.6 Å². The van der Waals surface area contributed by atoms with Crippen molar-refractivity contribution in [3.8, 4) is 11.5 Å². The third-order valence-corrected chi connectivity index (χ3v) is 6.93. The maximum atomic E-state index is 12.2. The lowest BCUT2D eigenvalue weighted by atomic mass is 10.1. The number of rotatable bonds is 8. The van der Waals surface area contributed by atoms with Crippen molar-refractivity contribution in [3.05, 3.63) is 68.1 Å². The second kappa shape index (κ2) is 9.95. The lowest BCUT2D eigenvalue weighted by molar-refractivity contribution is -0.384. The summed E-state index contributed by atoms with van der Waals surface area (Å²) in [6, 6.07) is 10.5. The van der Waals surface area contributed by atoms with Crippen molar-refractivity contribution in [1.82, 2.24) is 4.90 Å². The molecule has 5 rings (SSSR count). The van der Waals surface area contributed by atoms with Crippen molar-refractivity contribution < 1.29 is 18.8 Å². The number of methoxy groups -OCH3 is 1. The van der Waals surface area contributed by atoms with Crippen molar-refractivity contribution >= 4 is 22.3 Å². The summed E-state index contributed by atoms with van der Waals surface area (Å²) in [5.41, 5.74) is 3.31. The van der Waals surface area contributed by atoms with E-state index in [2.05, 4.69) is 9.80 Å². The quantitative estimate of drug-likeness (QED) is 0.208. The van der Waals surface area contributed by atoms with Gasteiger partial charge in [-0.1, -0.05) is 0 Å². The molecule has 0 spiro atoms. The molecule has 0 bridgehead atoms. The van der Waals surface area contributed by atoms with E-state index >= 15 is 0 Å². The van der Waals surface area contributed by atoms with Crippen LogP contribution in [0.3, 0.4) is 0 Å². The van der Waals surface area contributed by atoms with Crippen LogP contribution in [0, 0.1) is 10.1 Å². The minimum Gasteiger partial charge on any atom is -0.493 e. The first kappa shape index (κ1) is 23.2. The van der Waals surface area contributed by atoms with Crippen LogP contribution in [0.5, 0.6) is 11.5 Å². The van der Waals surface area contributed by atoms with Crippen LogP contribution in [-0.2, 0) is 12.8 Å². The molecular weight excluding hydrogens is 450 g/mol. The van der Waals surface area contributed by atoms with Gasteiger partial charge in [-0.15, -0.1) is 0 Å². The zero-order valence-corrected chi connectivity index (χ0v) is 19.8. The molecule has 0 atom stereocenters. The van der Waals surface area contributed by atoms with E-state index in [1.165, 1.54) is 0 Å². The van der Waals surface area contributed by atoms with Gasteiger partial charge in [-0.05, 0) is 49.4 Å². The number of hydrogen-bond acceptors (Lipinski definition) is 8. The first-order valence-corrected chi connectivity index (χ1v) is 12.0. The Hall–Kier alpha value is -3.59. The number of benzene rings is 2. The summed E-state index contributed by atoms with van der Waals surface area (Å²) in [5, 5.41) is 11.8. The van der Waals surface area contributed by atoms with Crippen molar-refractivity contribution in [3.63, 3.8) is 0 Å². The zero-order valence-electron chi connectivity index (χ0n) is 19.8. The van der Waals surface area contributed by atoms with Crippen LogP contribution < -0.4 is 20.0 Å². The fourth-order valence-electron chi connectivity index (χ4n) is 5.05. The standard InChI is InChI=1S/C26H29N3O6/c1-33-24-17-23-22(20-4-2-5-21(20)26(30)35-23)16-25(24)34-15-3-10-27-11-13-28(14-12-27)18-6-8-19(9-7-18)29(31)32/h6-9,16-17H,2-5,10-15H2,1H3. The maximum Gasteiger partial charge on any atom is 0.339 e. The van der Waals surface area contributed by atoms with Gasteiger partial charge in [0.1, 0.15) is 5.58 Å². The molecule has 1 aliphatic heterocycles. The third-order valence-electron chi connectivity index (χ3n) is 6.93. The monoisotopic (exact) mass is 479 g/mol. The SMILES string of the molecule is COc1cc2oc(=O)c3c(c2cc1OCCCN1CCN(c2ccc([N+](=O)[O-])cc2)CC1)CCC3. The highest BCUT2D eigenvalue weighted by Gasteiger charge is 2.22. The molecule has 0 radical (unpaired) electrons. The van der Waals surface area contributed by atoms with Crippen molar-refractivity contribution in [1.29, 1.82) is 0 Å². The lowest BCUT2D eigenvalue weighted by Gasteiger charge is -2.36. The average Bonchev–Trinajstić information content (AvgIpc) is 3.38. The van der Waals surface area contributed by atoms with Gasteiger partial charge < -0.3 is 18.8 Å². The highest BCUT2D eigenvalue weighted by atomic mass is 16.6. The number of anilines is 1. The summed E-state index contributed by atoms with van der Waals surface area (Å²) in [7, 11) is 1.59. The molecule has 1 fully saturated rings. The number of nitrogens with zero attached hydrogens (tertiary/aromatic N) is 3. The zero-order chi connectivity index (χ0) is 24.4. The molecule has 2 heterocycles. The average molecular weight is 480 g/mol. The Morgan fingerprint density at radius 3 is 2.49 bits per heavy atom. The van der Waals surface area contributed by atoms with E-state index in [-0.39, 0.29) is 16.2 Å². The fourth-order valence-corrected chi connectivity index (χ4v) is 5.05. The summed E-state index contributed by atoms with van der Waals surface area (Å²) in [5.74, 6) is 1.24. The molecule has 184 valence electrons. The Balaban J connectivity index is 1.15.